The summed E-state index contributed by atoms with van der Waals surface area (Å²) in [6.07, 6.45) is 0. The van der Waals surface area contributed by atoms with E-state index in [4.69, 9.17) is 14.4 Å². The number of aliphatic hydroxyl groups excluding tert-OH is 1. The van der Waals surface area contributed by atoms with E-state index in [1.54, 1.807) is 24.3 Å². The summed E-state index contributed by atoms with van der Waals surface area (Å²) in [7, 11) is -0.428. The van der Waals surface area contributed by atoms with Crippen molar-refractivity contribution < 1.29 is 19.2 Å². The number of aliphatic hydroxyl groups is 1. The van der Waals surface area contributed by atoms with Gasteiger partial charge in [-0.25, -0.2) is 4.79 Å². The summed E-state index contributed by atoms with van der Waals surface area (Å²) in [6.45, 7) is 8.03. The smallest absolute Gasteiger partial charge is 0.399 e. The first-order valence-electron chi connectivity index (χ1n) is 8.93. The molecule has 0 atom stereocenters. The number of nitrogens with one attached hydrogen (secondary N) is 2. The zero-order chi connectivity index (χ0) is 19.7. The van der Waals surface area contributed by atoms with Gasteiger partial charge in [0.05, 0.1) is 17.8 Å². The van der Waals surface area contributed by atoms with Crippen LogP contribution < -0.4 is 16.1 Å². The van der Waals surface area contributed by atoms with Crippen molar-refractivity contribution in [3.63, 3.8) is 0 Å². The second-order valence-corrected chi connectivity index (χ2v) is 7.64. The van der Waals surface area contributed by atoms with Gasteiger partial charge in [0.1, 0.15) is 0 Å². The van der Waals surface area contributed by atoms with Gasteiger partial charge < -0.3 is 25.0 Å². The third-order valence-electron chi connectivity index (χ3n) is 5.09. The van der Waals surface area contributed by atoms with Gasteiger partial charge in [-0.3, -0.25) is 0 Å². The molecule has 6 nitrogen and oxygen atoms in total. The molecule has 0 saturated carbocycles. The quantitative estimate of drug-likeness (QED) is 0.725. The van der Waals surface area contributed by atoms with E-state index in [0.717, 1.165) is 11.0 Å². The highest BCUT2D eigenvalue weighted by atomic mass is 16.7. The summed E-state index contributed by atoms with van der Waals surface area (Å²) in [5.74, 6) is 0. The fourth-order valence-electron chi connectivity index (χ4n) is 2.69. The summed E-state index contributed by atoms with van der Waals surface area (Å²) in [4.78, 5) is 12.1. The van der Waals surface area contributed by atoms with Crippen LogP contribution in [-0.4, -0.2) is 29.5 Å². The van der Waals surface area contributed by atoms with E-state index in [1.165, 1.54) is 0 Å². The number of hydrogen-bond acceptors (Lipinski definition) is 4. The minimum Gasteiger partial charge on any atom is -0.399 e. The Hall–Kier alpha value is -2.35. The van der Waals surface area contributed by atoms with Gasteiger partial charge in [-0.1, -0.05) is 24.3 Å². The average molecular weight is 368 g/mol. The van der Waals surface area contributed by atoms with E-state index in [0.29, 0.717) is 11.4 Å². The lowest BCUT2D eigenvalue weighted by atomic mass is 9.79. The van der Waals surface area contributed by atoms with E-state index >= 15 is 0 Å². The lowest BCUT2D eigenvalue weighted by molar-refractivity contribution is 0.00578. The van der Waals surface area contributed by atoms with Crippen LogP contribution >= 0.6 is 0 Å². The first-order valence-corrected chi connectivity index (χ1v) is 8.93. The molecule has 142 valence electrons. The molecule has 2 amide bonds. The Morgan fingerprint density at radius 1 is 0.889 bits per heavy atom. The molecule has 0 spiro atoms. The monoisotopic (exact) mass is 368 g/mol. The SMILES string of the molecule is CC1(C)OB(c2ccc(NC(=O)Nc3ccc(CO)cc3)cc2)OC1(C)C. The molecular formula is C20H25BN2O4. The van der Waals surface area contributed by atoms with Gasteiger partial charge in [0.15, 0.2) is 0 Å². The molecule has 0 aromatic heterocycles. The maximum Gasteiger partial charge on any atom is 0.494 e. The fourth-order valence-corrected chi connectivity index (χ4v) is 2.69. The second-order valence-electron chi connectivity index (χ2n) is 7.64. The Morgan fingerprint density at radius 3 is 1.78 bits per heavy atom. The summed E-state index contributed by atoms with van der Waals surface area (Å²) >= 11 is 0. The molecule has 2 aromatic carbocycles. The standard InChI is InChI=1S/C20H25BN2O4/c1-19(2)20(3,4)27-21(26-19)15-7-11-17(12-8-15)23-18(25)22-16-9-5-14(13-24)6-10-16/h5-12,24H,13H2,1-4H3,(H2,22,23,25). The Kier molecular flexibility index (Phi) is 5.28. The predicted octanol–water partition coefficient (Wildman–Crippen LogP) is 3.12. The van der Waals surface area contributed by atoms with Gasteiger partial charge in [-0.2, -0.15) is 0 Å². The zero-order valence-electron chi connectivity index (χ0n) is 16.1. The highest BCUT2D eigenvalue weighted by Gasteiger charge is 2.51. The van der Waals surface area contributed by atoms with Crippen molar-refractivity contribution in [2.45, 2.75) is 45.5 Å². The highest BCUT2D eigenvalue weighted by Crippen LogP contribution is 2.36. The van der Waals surface area contributed by atoms with Gasteiger partial charge in [0, 0.05) is 11.4 Å². The van der Waals surface area contributed by atoms with E-state index in [1.807, 2.05) is 52.0 Å². The molecule has 3 N–H and O–H groups in total. The van der Waals surface area contributed by atoms with E-state index in [-0.39, 0.29) is 23.8 Å². The van der Waals surface area contributed by atoms with Crippen molar-refractivity contribution in [2.75, 3.05) is 10.6 Å². The van der Waals surface area contributed by atoms with E-state index < -0.39 is 7.12 Å². The molecule has 1 heterocycles. The molecule has 0 unspecified atom stereocenters. The molecule has 2 aromatic rings. The van der Waals surface area contributed by atoms with Gasteiger partial charge in [0.2, 0.25) is 0 Å². The minimum absolute atomic E-state index is 0.0262. The normalized spacial score (nSPS) is 17.6. The third-order valence-corrected chi connectivity index (χ3v) is 5.09. The number of carbonyl (C=O) groups is 1. The van der Waals surface area contributed by atoms with Crippen molar-refractivity contribution in [2.24, 2.45) is 0 Å². The van der Waals surface area contributed by atoms with Crippen molar-refractivity contribution >= 4 is 30.0 Å². The summed E-state index contributed by atoms with van der Waals surface area (Å²) in [5.41, 5.74) is 2.23. The van der Waals surface area contributed by atoms with Crippen molar-refractivity contribution in [1.82, 2.24) is 0 Å². The molecule has 3 rings (SSSR count). The molecular weight excluding hydrogens is 343 g/mol. The second kappa shape index (κ2) is 7.35. The number of urea groups is 1. The largest absolute Gasteiger partial charge is 0.494 e. The van der Waals surface area contributed by atoms with Crippen molar-refractivity contribution in [1.29, 1.82) is 0 Å². The Bertz CT molecular complexity index is 788. The number of amides is 2. The fraction of sp³-hybridized carbons (Fsp3) is 0.350. The predicted molar refractivity (Wildman–Crippen MR) is 107 cm³/mol. The molecule has 1 aliphatic heterocycles. The maximum atomic E-state index is 12.1. The third kappa shape index (κ3) is 4.32. The van der Waals surface area contributed by atoms with E-state index in [9.17, 15) is 4.79 Å². The van der Waals surface area contributed by atoms with Crippen molar-refractivity contribution in [3.8, 4) is 0 Å². The summed E-state index contributed by atoms with van der Waals surface area (Å²) in [6, 6.07) is 14.1. The number of benzene rings is 2. The first kappa shape index (κ1) is 19.4. The van der Waals surface area contributed by atoms with Gasteiger partial charge in [-0.15, -0.1) is 0 Å². The minimum atomic E-state index is -0.428. The van der Waals surface area contributed by atoms with Crippen LogP contribution in [0.5, 0.6) is 0 Å². The number of rotatable bonds is 4. The summed E-state index contributed by atoms with van der Waals surface area (Å²) in [5, 5.41) is 14.6. The Morgan fingerprint density at radius 2 is 1.33 bits per heavy atom. The Labute approximate surface area is 160 Å². The Balaban J connectivity index is 1.60. The van der Waals surface area contributed by atoms with E-state index in [2.05, 4.69) is 10.6 Å². The van der Waals surface area contributed by atoms with Gasteiger partial charge in [-0.05, 0) is 63.0 Å². The maximum absolute atomic E-state index is 12.1. The molecule has 7 heteroatoms. The van der Waals surface area contributed by atoms with Gasteiger partial charge in [0.25, 0.3) is 0 Å². The molecule has 0 bridgehead atoms. The number of anilines is 2. The van der Waals surface area contributed by atoms with Crippen LogP contribution in [0.1, 0.15) is 33.3 Å². The van der Waals surface area contributed by atoms with Crippen LogP contribution in [-0.2, 0) is 15.9 Å². The van der Waals surface area contributed by atoms with Crippen LogP contribution in [0.2, 0.25) is 0 Å². The highest BCUT2D eigenvalue weighted by molar-refractivity contribution is 6.62. The number of carbonyl (C=O) groups excluding carboxylic acids is 1. The molecule has 1 aliphatic rings. The average Bonchev–Trinajstić information content (AvgIpc) is 2.84. The number of hydrogen-bond donors (Lipinski definition) is 3. The van der Waals surface area contributed by atoms with Gasteiger partial charge >= 0.3 is 13.1 Å². The van der Waals surface area contributed by atoms with Crippen LogP contribution in [0, 0.1) is 0 Å². The molecule has 0 radical (unpaired) electrons. The first-order chi connectivity index (χ1) is 12.7. The van der Waals surface area contributed by atoms with Crippen molar-refractivity contribution in [3.05, 3.63) is 54.1 Å². The summed E-state index contributed by atoms with van der Waals surface area (Å²) < 4.78 is 12.1. The van der Waals surface area contributed by atoms with Crippen LogP contribution in [0.25, 0.3) is 0 Å². The topological polar surface area (TPSA) is 79.8 Å². The molecule has 1 fully saturated rings. The molecule has 27 heavy (non-hydrogen) atoms. The van der Waals surface area contributed by atoms with Crippen LogP contribution in [0.3, 0.4) is 0 Å². The lowest BCUT2D eigenvalue weighted by Gasteiger charge is -2.32. The van der Waals surface area contributed by atoms with Crippen LogP contribution in [0.4, 0.5) is 16.2 Å². The lowest BCUT2D eigenvalue weighted by Crippen LogP contribution is -2.41. The zero-order valence-corrected chi connectivity index (χ0v) is 16.1. The molecule has 1 saturated heterocycles. The van der Waals surface area contributed by atoms with Crippen LogP contribution in [0.15, 0.2) is 48.5 Å². The molecule has 0 aliphatic carbocycles.